The summed E-state index contributed by atoms with van der Waals surface area (Å²) in [6, 6.07) is -0.0942. The largest absolute Gasteiger partial charge is 0.344 e. The van der Waals surface area contributed by atoms with Crippen LogP contribution in [-0.2, 0) is 9.59 Å². The van der Waals surface area contributed by atoms with Gasteiger partial charge in [-0.1, -0.05) is 6.92 Å². The summed E-state index contributed by atoms with van der Waals surface area (Å²) in [6.45, 7) is 9.03. The zero-order valence-corrected chi connectivity index (χ0v) is 13.5. The van der Waals surface area contributed by atoms with Crippen LogP contribution in [0.25, 0.3) is 0 Å². The second-order valence-corrected chi connectivity index (χ2v) is 6.82. The molecular weight excluding hydrogens is 266 g/mol. The van der Waals surface area contributed by atoms with Crippen molar-refractivity contribution in [1.29, 1.82) is 0 Å². The highest BCUT2D eigenvalue weighted by atomic mass is 16.2. The second-order valence-electron chi connectivity index (χ2n) is 6.82. The Balaban J connectivity index is 1.78. The maximum atomic E-state index is 12.2. The molecule has 2 heterocycles. The summed E-state index contributed by atoms with van der Waals surface area (Å²) >= 11 is 0. The molecule has 21 heavy (non-hydrogen) atoms. The third-order valence-electron chi connectivity index (χ3n) is 4.85. The molecule has 0 radical (unpaired) electrons. The molecule has 0 aromatic heterocycles. The van der Waals surface area contributed by atoms with E-state index in [2.05, 4.69) is 17.6 Å². The van der Waals surface area contributed by atoms with E-state index in [1.54, 1.807) is 0 Å². The summed E-state index contributed by atoms with van der Waals surface area (Å²) in [5.41, 5.74) is 0. The number of rotatable bonds is 5. The van der Waals surface area contributed by atoms with Crippen LogP contribution in [-0.4, -0.2) is 48.4 Å². The summed E-state index contributed by atoms with van der Waals surface area (Å²) in [5.74, 6) is 1.05. The molecule has 0 saturated carbocycles. The number of piperidine rings is 1. The van der Waals surface area contributed by atoms with Crippen LogP contribution < -0.4 is 10.6 Å². The first-order valence-electron chi connectivity index (χ1n) is 8.29. The van der Waals surface area contributed by atoms with Crippen molar-refractivity contribution in [3.8, 4) is 0 Å². The molecule has 120 valence electrons. The van der Waals surface area contributed by atoms with Crippen LogP contribution in [0, 0.1) is 11.8 Å². The van der Waals surface area contributed by atoms with Gasteiger partial charge in [-0.2, -0.15) is 0 Å². The molecule has 5 heteroatoms. The first-order chi connectivity index (χ1) is 9.99. The fourth-order valence-corrected chi connectivity index (χ4v) is 3.43. The Kier molecular flexibility index (Phi) is 5.62. The van der Waals surface area contributed by atoms with E-state index in [1.807, 2.05) is 18.7 Å². The minimum absolute atomic E-state index is 0.0250. The van der Waals surface area contributed by atoms with Crippen molar-refractivity contribution >= 4 is 11.8 Å². The van der Waals surface area contributed by atoms with Gasteiger partial charge in [0.15, 0.2) is 0 Å². The van der Waals surface area contributed by atoms with Gasteiger partial charge in [-0.25, -0.2) is 0 Å². The van der Waals surface area contributed by atoms with Gasteiger partial charge < -0.3 is 15.5 Å². The molecular formula is C16H29N3O2. The Hall–Kier alpha value is -1.10. The van der Waals surface area contributed by atoms with E-state index in [9.17, 15) is 9.59 Å². The normalized spacial score (nSPS) is 28.0. The summed E-state index contributed by atoms with van der Waals surface area (Å²) in [6.07, 6.45) is 3.66. The van der Waals surface area contributed by atoms with E-state index in [0.717, 1.165) is 26.1 Å². The Morgan fingerprint density at radius 1 is 1.38 bits per heavy atom. The fourth-order valence-electron chi connectivity index (χ4n) is 3.43. The fraction of sp³-hybridized carbons (Fsp3) is 0.875. The SMILES string of the molecule is CC(CC(=O)NC1CCN(C(C)C)C1=O)C1CCCNC1. The van der Waals surface area contributed by atoms with Crippen molar-refractivity contribution < 1.29 is 9.59 Å². The molecule has 2 amide bonds. The third kappa shape index (κ3) is 4.19. The number of nitrogens with zero attached hydrogens (tertiary/aromatic N) is 1. The lowest BCUT2D eigenvalue weighted by molar-refractivity contribution is -0.134. The molecule has 0 bridgehead atoms. The first-order valence-corrected chi connectivity index (χ1v) is 8.29. The number of nitrogens with one attached hydrogen (secondary N) is 2. The van der Waals surface area contributed by atoms with Gasteiger partial charge in [0.1, 0.15) is 6.04 Å². The number of carbonyl (C=O) groups excluding carboxylic acids is 2. The predicted octanol–water partition coefficient (Wildman–Crippen LogP) is 1.14. The van der Waals surface area contributed by atoms with Crippen LogP contribution in [0.2, 0.25) is 0 Å². The van der Waals surface area contributed by atoms with Crippen LogP contribution in [0.4, 0.5) is 0 Å². The van der Waals surface area contributed by atoms with Gasteiger partial charge in [0.25, 0.3) is 0 Å². The van der Waals surface area contributed by atoms with Gasteiger partial charge >= 0.3 is 0 Å². The number of hydrogen-bond acceptors (Lipinski definition) is 3. The van der Waals surface area contributed by atoms with E-state index in [0.29, 0.717) is 18.3 Å². The smallest absolute Gasteiger partial charge is 0.245 e. The molecule has 2 N–H and O–H groups in total. The third-order valence-corrected chi connectivity index (χ3v) is 4.85. The Morgan fingerprint density at radius 2 is 2.14 bits per heavy atom. The quantitative estimate of drug-likeness (QED) is 0.799. The van der Waals surface area contributed by atoms with Crippen LogP contribution in [0.1, 0.15) is 46.5 Å². The summed E-state index contributed by atoms with van der Waals surface area (Å²) in [4.78, 5) is 26.2. The van der Waals surface area contributed by atoms with E-state index in [-0.39, 0.29) is 23.9 Å². The lowest BCUT2D eigenvalue weighted by atomic mass is 9.85. The van der Waals surface area contributed by atoms with E-state index < -0.39 is 0 Å². The van der Waals surface area contributed by atoms with Gasteiger partial charge in [0.05, 0.1) is 0 Å². The Labute approximate surface area is 127 Å². The predicted molar refractivity (Wildman–Crippen MR) is 82.8 cm³/mol. The molecule has 2 aliphatic rings. The van der Waals surface area contributed by atoms with Crippen LogP contribution in [0.5, 0.6) is 0 Å². The van der Waals surface area contributed by atoms with Crippen molar-refractivity contribution in [1.82, 2.24) is 15.5 Å². The zero-order chi connectivity index (χ0) is 15.4. The minimum atomic E-state index is -0.309. The molecule has 2 fully saturated rings. The molecule has 2 rings (SSSR count). The topological polar surface area (TPSA) is 61.4 Å². The molecule has 0 spiro atoms. The van der Waals surface area contributed by atoms with E-state index in [1.165, 1.54) is 12.8 Å². The Morgan fingerprint density at radius 3 is 2.71 bits per heavy atom. The van der Waals surface area contributed by atoms with Crippen LogP contribution in [0.15, 0.2) is 0 Å². The van der Waals surface area contributed by atoms with Crippen molar-refractivity contribution in [3.05, 3.63) is 0 Å². The summed E-state index contributed by atoms with van der Waals surface area (Å²) in [5, 5.41) is 6.33. The van der Waals surface area contributed by atoms with Crippen molar-refractivity contribution in [2.45, 2.75) is 58.5 Å². The molecule has 2 aliphatic heterocycles. The number of hydrogen-bond donors (Lipinski definition) is 2. The molecule has 0 aromatic rings. The zero-order valence-electron chi connectivity index (χ0n) is 13.5. The van der Waals surface area contributed by atoms with E-state index in [4.69, 9.17) is 0 Å². The molecule has 0 aliphatic carbocycles. The molecule has 0 aromatic carbocycles. The molecule has 2 saturated heterocycles. The van der Waals surface area contributed by atoms with Gasteiger partial charge in [-0.05, 0) is 58.0 Å². The Bertz CT molecular complexity index is 378. The lowest BCUT2D eigenvalue weighted by Crippen LogP contribution is -2.44. The van der Waals surface area contributed by atoms with Gasteiger partial charge in [-0.15, -0.1) is 0 Å². The van der Waals surface area contributed by atoms with E-state index >= 15 is 0 Å². The van der Waals surface area contributed by atoms with Gasteiger partial charge in [0.2, 0.25) is 11.8 Å². The number of carbonyl (C=O) groups is 2. The maximum absolute atomic E-state index is 12.2. The molecule has 3 unspecified atom stereocenters. The maximum Gasteiger partial charge on any atom is 0.245 e. The highest BCUT2D eigenvalue weighted by Gasteiger charge is 2.34. The van der Waals surface area contributed by atoms with Gasteiger partial charge in [-0.3, -0.25) is 9.59 Å². The highest BCUT2D eigenvalue weighted by molar-refractivity contribution is 5.89. The highest BCUT2D eigenvalue weighted by Crippen LogP contribution is 2.23. The average Bonchev–Trinajstić information content (AvgIpc) is 2.81. The summed E-state index contributed by atoms with van der Waals surface area (Å²) in [7, 11) is 0. The summed E-state index contributed by atoms with van der Waals surface area (Å²) < 4.78 is 0. The molecule has 5 nitrogen and oxygen atoms in total. The second kappa shape index (κ2) is 7.25. The number of likely N-dealkylation sites (tertiary alicyclic amines) is 1. The van der Waals surface area contributed by atoms with Crippen molar-refractivity contribution in [2.75, 3.05) is 19.6 Å². The first kappa shape index (κ1) is 16.3. The van der Waals surface area contributed by atoms with Crippen molar-refractivity contribution in [2.24, 2.45) is 11.8 Å². The van der Waals surface area contributed by atoms with Crippen LogP contribution >= 0.6 is 0 Å². The lowest BCUT2D eigenvalue weighted by Gasteiger charge is -2.28. The van der Waals surface area contributed by atoms with Crippen molar-refractivity contribution in [3.63, 3.8) is 0 Å². The molecule has 3 atom stereocenters. The minimum Gasteiger partial charge on any atom is -0.344 e. The average molecular weight is 295 g/mol. The standard InChI is InChI=1S/C16H29N3O2/c1-11(2)19-8-6-14(16(19)21)18-15(20)9-12(3)13-5-4-7-17-10-13/h11-14,17H,4-10H2,1-3H3,(H,18,20). The van der Waals surface area contributed by atoms with Gasteiger partial charge in [0, 0.05) is 19.0 Å². The number of amides is 2. The monoisotopic (exact) mass is 295 g/mol. The van der Waals surface area contributed by atoms with Crippen LogP contribution in [0.3, 0.4) is 0 Å².